The molecule has 0 heterocycles. The highest BCUT2D eigenvalue weighted by Crippen LogP contribution is 2.19. The van der Waals surface area contributed by atoms with Crippen molar-refractivity contribution in [2.75, 3.05) is 17.2 Å². The molecule has 1 amide bonds. The second-order valence-corrected chi connectivity index (χ2v) is 5.28. The summed E-state index contributed by atoms with van der Waals surface area (Å²) in [5.74, 6) is -0.876. The van der Waals surface area contributed by atoms with Gasteiger partial charge in [-0.05, 0) is 43.7 Å². The van der Waals surface area contributed by atoms with Gasteiger partial charge in [-0.25, -0.2) is 4.39 Å². The minimum atomic E-state index is -0.553. The van der Waals surface area contributed by atoms with E-state index >= 15 is 0 Å². The van der Waals surface area contributed by atoms with Crippen molar-refractivity contribution in [3.63, 3.8) is 0 Å². The molecule has 2 N–H and O–H groups in total. The van der Waals surface area contributed by atoms with Crippen LogP contribution in [0, 0.1) is 19.7 Å². The third-order valence-electron chi connectivity index (χ3n) is 3.03. The molecule has 0 radical (unpaired) electrons. The van der Waals surface area contributed by atoms with Gasteiger partial charge in [0.25, 0.3) is 0 Å². The molecule has 0 spiro atoms. The number of anilines is 2. The van der Waals surface area contributed by atoms with Crippen molar-refractivity contribution >= 4 is 28.9 Å². The Labute approximate surface area is 128 Å². The first-order valence-electron chi connectivity index (χ1n) is 6.52. The summed E-state index contributed by atoms with van der Waals surface area (Å²) < 4.78 is 13.6. The summed E-state index contributed by atoms with van der Waals surface area (Å²) >= 11 is 5.66. The maximum Gasteiger partial charge on any atom is 0.243 e. The van der Waals surface area contributed by atoms with Crippen molar-refractivity contribution in [3.05, 3.63) is 58.4 Å². The Bertz CT molecular complexity index is 673. The van der Waals surface area contributed by atoms with Gasteiger partial charge in [0.15, 0.2) is 0 Å². The number of halogens is 2. The molecule has 0 bridgehead atoms. The molecule has 0 fully saturated rings. The lowest BCUT2D eigenvalue weighted by Gasteiger charge is -2.11. The molecule has 0 unspecified atom stereocenters. The predicted octanol–water partition coefficient (Wildman–Crippen LogP) is 4.15. The number of nitrogens with one attached hydrogen (secondary N) is 2. The van der Waals surface area contributed by atoms with E-state index in [4.69, 9.17) is 11.6 Å². The van der Waals surface area contributed by atoms with Crippen molar-refractivity contribution < 1.29 is 9.18 Å². The van der Waals surface area contributed by atoms with E-state index in [-0.39, 0.29) is 18.1 Å². The first-order chi connectivity index (χ1) is 9.95. The maximum atomic E-state index is 13.6. The van der Waals surface area contributed by atoms with E-state index < -0.39 is 5.82 Å². The fourth-order valence-corrected chi connectivity index (χ4v) is 2.13. The number of carbonyl (C=O) groups excluding carboxylic acids is 1. The highest BCUT2D eigenvalue weighted by molar-refractivity contribution is 6.30. The highest BCUT2D eigenvalue weighted by atomic mass is 35.5. The Hall–Kier alpha value is -2.07. The van der Waals surface area contributed by atoms with Gasteiger partial charge in [-0.15, -0.1) is 0 Å². The van der Waals surface area contributed by atoms with E-state index in [2.05, 4.69) is 10.6 Å². The zero-order valence-electron chi connectivity index (χ0n) is 11.8. The lowest BCUT2D eigenvalue weighted by molar-refractivity contribution is -0.114. The molecule has 0 saturated heterocycles. The summed E-state index contributed by atoms with van der Waals surface area (Å²) in [6.07, 6.45) is 0. The second-order valence-electron chi connectivity index (χ2n) is 4.84. The molecule has 0 aliphatic carbocycles. The fourth-order valence-electron chi connectivity index (χ4n) is 1.97. The quantitative estimate of drug-likeness (QED) is 0.891. The van der Waals surface area contributed by atoms with E-state index in [1.165, 1.54) is 12.1 Å². The minimum Gasteiger partial charge on any atom is -0.376 e. The van der Waals surface area contributed by atoms with E-state index in [0.29, 0.717) is 5.02 Å². The Morgan fingerprint density at radius 3 is 2.52 bits per heavy atom. The van der Waals surface area contributed by atoms with Gasteiger partial charge in [0, 0.05) is 10.7 Å². The number of hydrogen-bond acceptors (Lipinski definition) is 2. The zero-order chi connectivity index (χ0) is 15.4. The van der Waals surface area contributed by atoms with Gasteiger partial charge in [-0.3, -0.25) is 4.79 Å². The summed E-state index contributed by atoms with van der Waals surface area (Å²) in [6.45, 7) is 4.03. The molecule has 2 rings (SSSR count). The van der Waals surface area contributed by atoms with E-state index in [9.17, 15) is 9.18 Å². The Morgan fingerprint density at radius 1 is 1.14 bits per heavy atom. The normalized spacial score (nSPS) is 10.3. The molecule has 0 aliphatic heterocycles. The number of carbonyl (C=O) groups is 1. The molecule has 0 aromatic heterocycles. The van der Waals surface area contributed by atoms with Crippen molar-refractivity contribution in [2.45, 2.75) is 13.8 Å². The van der Waals surface area contributed by atoms with Gasteiger partial charge in [-0.1, -0.05) is 29.3 Å². The predicted molar refractivity (Wildman–Crippen MR) is 84.4 cm³/mol. The molecule has 0 aliphatic rings. The summed E-state index contributed by atoms with van der Waals surface area (Å²) in [4.78, 5) is 11.8. The van der Waals surface area contributed by atoms with Crippen LogP contribution in [0.4, 0.5) is 15.8 Å². The topological polar surface area (TPSA) is 41.1 Å². The number of aryl methyl sites for hydroxylation is 2. The molecular formula is C16H16ClFN2O. The van der Waals surface area contributed by atoms with Crippen LogP contribution < -0.4 is 10.6 Å². The van der Waals surface area contributed by atoms with Crippen LogP contribution in [0.25, 0.3) is 0 Å². The molecular weight excluding hydrogens is 291 g/mol. The van der Waals surface area contributed by atoms with Crippen LogP contribution in [0.1, 0.15) is 11.1 Å². The maximum absolute atomic E-state index is 13.6. The second kappa shape index (κ2) is 6.59. The van der Waals surface area contributed by atoms with Crippen LogP contribution in [0.2, 0.25) is 5.02 Å². The van der Waals surface area contributed by atoms with E-state index in [0.717, 1.165) is 22.9 Å². The van der Waals surface area contributed by atoms with E-state index in [1.807, 2.05) is 32.0 Å². The summed E-state index contributed by atoms with van der Waals surface area (Å²) in [6, 6.07) is 10.0. The third kappa shape index (κ3) is 4.20. The summed E-state index contributed by atoms with van der Waals surface area (Å²) in [5.41, 5.74) is 3.21. The van der Waals surface area contributed by atoms with Crippen LogP contribution in [0.5, 0.6) is 0 Å². The lowest BCUT2D eigenvalue weighted by Crippen LogP contribution is -2.22. The third-order valence-corrected chi connectivity index (χ3v) is 3.26. The monoisotopic (exact) mass is 306 g/mol. The Balaban J connectivity index is 1.96. The summed E-state index contributed by atoms with van der Waals surface area (Å²) in [5, 5.41) is 5.82. The van der Waals surface area contributed by atoms with Crippen molar-refractivity contribution in [1.29, 1.82) is 0 Å². The molecule has 0 saturated carbocycles. The van der Waals surface area contributed by atoms with Crippen LogP contribution in [-0.2, 0) is 4.79 Å². The van der Waals surface area contributed by atoms with Gasteiger partial charge in [0.2, 0.25) is 5.91 Å². The average Bonchev–Trinajstić information content (AvgIpc) is 2.41. The van der Waals surface area contributed by atoms with Crippen LogP contribution in [0.15, 0.2) is 36.4 Å². The fraction of sp³-hybridized carbons (Fsp3) is 0.188. The molecule has 0 atom stereocenters. The van der Waals surface area contributed by atoms with Crippen molar-refractivity contribution in [2.24, 2.45) is 0 Å². The smallest absolute Gasteiger partial charge is 0.243 e. The molecule has 3 nitrogen and oxygen atoms in total. The largest absolute Gasteiger partial charge is 0.376 e. The molecule has 21 heavy (non-hydrogen) atoms. The number of rotatable bonds is 4. The van der Waals surface area contributed by atoms with Gasteiger partial charge in [0.1, 0.15) is 5.82 Å². The van der Waals surface area contributed by atoms with Crippen LogP contribution in [0.3, 0.4) is 0 Å². The lowest BCUT2D eigenvalue weighted by atomic mass is 10.1. The van der Waals surface area contributed by atoms with Crippen molar-refractivity contribution in [1.82, 2.24) is 0 Å². The first-order valence-corrected chi connectivity index (χ1v) is 6.89. The number of hydrogen-bond donors (Lipinski definition) is 2. The first kappa shape index (κ1) is 15.3. The SMILES string of the molecule is Cc1ccc(NCC(=O)Nc2ccc(Cl)cc2F)c(C)c1. The molecule has 5 heteroatoms. The van der Waals surface area contributed by atoms with Crippen LogP contribution >= 0.6 is 11.6 Å². The Morgan fingerprint density at radius 2 is 1.86 bits per heavy atom. The van der Waals surface area contributed by atoms with Gasteiger partial charge in [-0.2, -0.15) is 0 Å². The average molecular weight is 307 g/mol. The Kier molecular flexibility index (Phi) is 4.81. The van der Waals surface area contributed by atoms with Crippen LogP contribution in [-0.4, -0.2) is 12.5 Å². The zero-order valence-corrected chi connectivity index (χ0v) is 12.6. The molecule has 2 aromatic rings. The van der Waals surface area contributed by atoms with Crippen molar-refractivity contribution in [3.8, 4) is 0 Å². The summed E-state index contributed by atoms with van der Waals surface area (Å²) in [7, 11) is 0. The molecule has 110 valence electrons. The van der Waals surface area contributed by atoms with E-state index in [1.54, 1.807) is 0 Å². The van der Waals surface area contributed by atoms with Gasteiger partial charge < -0.3 is 10.6 Å². The highest BCUT2D eigenvalue weighted by Gasteiger charge is 2.08. The van der Waals surface area contributed by atoms with Gasteiger partial charge in [0.05, 0.1) is 12.2 Å². The number of benzene rings is 2. The van der Waals surface area contributed by atoms with Gasteiger partial charge >= 0.3 is 0 Å². The molecule has 2 aromatic carbocycles. The standard InChI is InChI=1S/C16H16ClFN2O/c1-10-3-5-14(11(2)7-10)19-9-16(21)20-15-6-4-12(17)8-13(15)18/h3-8,19H,9H2,1-2H3,(H,20,21). The minimum absolute atomic E-state index is 0.0615. The number of amides is 1.